The lowest BCUT2D eigenvalue weighted by molar-refractivity contribution is 0.122. The number of pyridine rings is 1. The van der Waals surface area contributed by atoms with Crippen LogP contribution in [0.2, 0.25) is 0 Å². The number of methoxy groups -OCH3 is 1. The lowest BCUT2D eigenvalue weighted by Crippen LogP contribution is -2.48. The number of para-hydroxylation sites is 1. The Balaban J connectivity index is 1.72. The zero-order valence-electron chi connectivity index (χ0n) is 17.3. The summed E-state index contributed by atoms with van der Waals surface area (Å²) in [6.45, 7) is 2.36. The van der Waals surface area contributed by atoms with Crippen molar-refractivity contribution in [3.63, 3.8) is 0 Å². The fourth-order valence-electron chi connectivity index (χ4n) is 3.99. The second-order valence-corrected chi connectivity index (χ2v) is 7.50. The van der Waals surface area contributed by atoms with Gasteiger partial charge in [-0.1, -0.05) is 48.5 Å². The maximum absolute atomic E-state index is 13.8. The molecule has 156 valence electrons. The van der Waals surface area contributed by atoms with Crippen molar-refractivity contribution in [1.82, 2.24) is 19.4 Å². The average Bonchev–Trinajstić information content (AvgIpc) is 2.83. The minimum atomic E-state index is -0.0880. The first-order valence-corrected chi connectivity index (χ1v) is 10.2. The van der Waals surface area contributed by atoms with Crippen molar-refractivity contribution in [3.05, 3.63) is 83.3 Å². The van der Waals surface area contributed by atoms with Crippen LogP contribution in [0.1, 0.15) is 0 Å². The fraction of sp³-hybridized carbons (Fsp3) is 0.208. The topological polar surface area (TPSA) is 63.5 Å². The highest BCUT2D eigenvalue weighted by atomic mass is 16.5. The molecule has 0 saturated carbocycles. The normalized spacial score (nSPS) is 14.0. The van der Waals surface area contributed by atoms with Crippen LogP contribution in [0.5, 0.6) is 0 Å². The van der Waals surface area contributed by atoms with Crippen LogP contribution in [0.4, 0.5) is 11.6 Å². The van der Waals surface area contributed by atoms with Crippen molar-refractivity contribution in [1.29, 1.82) is 0 Å². The molecule has 0 amide bonds. The van der Waals surface area contributed by atoms with E-state index in [1.54, 1.807) is 17.9 Å². The first kappa shape index (κ1) is 19.4. The monoisotopic (exact) mass is 413 g/mol. The summed E-state index contributed by atoms with van der Waals surface area (Å²) in [6, 6.07) is 21.8. The molecule has 0 spiro atoms. The van der Waals surface area contributed by atoms with E-state index in [9.17, 15) is 4.79 Å². The van der Waals surface area contributed by atoms with Crippen molar-refractivity contribution < 1.29 is 4.74 Å². The zero-order chi connectivity index (χ0) is 21.2. The summed E-state index contributed by atoms with van der Waals surface area (Å²) in [6.07, 6.45) is 1.72. The van der Waals surface area contributed by atoms with E-state index >= 15 is 0 Å². The number of aromatic nitrogens is 3. The molecule has 1 aliphatic heterocycles. The van der Waals surface area contributed by atoms with Gasteiger partial charge < -0.3 is 4.74 Å². The number of hydrogen-bond donors (Lipinski definition) is 0. The highest BCUT2D eigenvalue weighted by molar-refractivity contribution is 5.92. The smallest absolute Gasteiger partial charge is 0.266 e. The highest BCUT2D eigenvalue weighted by Gasteiger charge is 2.27. The Morgan fingerprint density at radius 2 is 1.71 bits per heavy atom. The van der Waals surface area contributed by atoms with E-state index in [1.807, 2.05) is 66.7 Å². The number of anilines is 2. The van der Waals surface area contributed by atoms with E-state index in [1.165, 1.54) is 0 Å². The maximum Gasteiger partial charge on any atom is 0.266 e. The van der Waals surface area contributed by atoms with Gasteiger partial charge >= 0.3 is 0 Å². The van der Waals surface area contributed by atoms with Crippen LogP contribution in [0, 0.1) is 0 Å². The summed E-state index contributed by atoms with van der Waals surface area (Å²) in [5.74, 6) is 0.607. The minimum absolute atomic E-state index is 0.0880. The first-order valence-electron chi connectivity index (χ1n) is 10.2. The molecule has 0 atom stereocenters. The predicted octanol–water partition coefficient (Wildman–Crippen LogP) is 3.47. The highest BCUT2D eigenvalue weighted by Crippen LogP contribution is 2.30. The van der Waals surface area contributed by atoms with Crippen LogP contribution in [0.25, 0.3) is 22.2 Å². The van der Waals surface area contributed by atoms with E-state index in [4.69, 9.17) is 9.72 Å². The van der Waals surface area contributed by atoms with E-state index in [0.29, 0.717) is 43.5 Å². The molecule has 7 heteroatoms. The van der Waals surface area contributed by atoms with Crippen LogP contribution in [-0.4, -0.2) is 46.4 Å². The van der Waals surface area contributed by atoms with Crippen LogP contribution < -0.4 is 10.5 Å². The summed E-state index contributed by atoms with van der Waals surface area (Å²) in [5, 5.41) is 0.541. The molecule has 0 unspecified atom stereocenters. The molecule has 0 aliphatic carbocycles. The van der Waals surface area contributed by atoms with Crippen molar-refractivity contribution >= 4 is 22.7 Å². The molecule has 1 aliphatic rings. The van der Waals surface area contributed by atoms with Gasteiger partial charge in [0.25, 0.3) is 5.56 Å². The zero-order valence-corrected chi connectivity index (χ0v) is 17.3. The molecule has 3 heterocycles. The van der Waals surface area contributed by atoms with Gasteiger partial charge in [0.1, 0.15) is 0 Å². The number of benzene rings is 2. The molecule has 7 nitrogen and oxygen atoms in total. The van der Waals surface area contributed by atoms with Crippen LogP contribution in [0.15, 0.2) is 77.7 Å². The average molecular weight is 413 g/mol. The van der Waals surface area contributed by atoms with Crippen molar-refractivity contribution in [2.75, 3.05) is 31.8 Å². The van der Waals surface area contributed by atoms with Gasteiger partial charge in [0.05, 0.1) is 25.3 Å². The number of hydrogen-bond acceptors (Lipinski definition) is 6. The molecule has 0 bridgehead atoms. The third kappa shape index (κ3) is 3.58. The molecule has 0 N–H and O–H groups in total. The summed E-state index contributed by atoms with van der Waals surface area (Å²) < 4.78 is 7.02. The number of ether oxygens (including phenoxy) is 1. The maximum atomic E-state index is 13.8. The van der Waals surface area contributed by atoms with Gasteiger partial charge in [-0.2, -0.15) is 4.98 Å². The van der Waals surface area contributed by atoms with Gasteiger partial charge in [-0.05, 0) is 29.3 Å². The second-order valence-electron chi connectivity index (χ2n) is 7.50. The Kier molecular flexibility index (Phi) is 5.19. The second kappa shape index (κ2) is 8.29. The molecule has 2 aromatic heterocycles. The Morgan fingerprint density at radius 1 is 0.968 bits per heavy atom. The Labute approximate surface area is 180 Å². The van der Waals surface area contributed by atoms with Gasteiger partial charge in [0.15, 0.2) is 5.65 Å². The van der Waals surface area contributed by atoms with Gasteiger partial charge in [-0.15, -0.1) is 0 Å². The Bertz CT molecular complexity index is 1260. The molecule has 0 fully saturated rings. The molecule has 0 saturated heterocycles. The number of nitrogens with zero attached hydrogens (tertiary/aromatic N) is 5. The van der Waals surface area contributed by atoms with Crippen molar-refractivity contribution in [3.8, 4) is 11.1 Å². The molecule has 4 aromatic rings. The lowest BCUT2D eigenvalue weighted by atomic mass is 10.0. The van der Waals surface area contributed by atoms with E-state index in [2.05, 4.69) is 14.8 Å². The van der Waals surface area contributed by atoms with Crippen molar-refractivity contribution in [2.24, 2.45) is 0 Å². The summed E-state index contributed by atoms with van der Waals surface area (Å²) in [7, 11) is 1.69. The van der Waals surface area contributed by atoms with Crippen LogP contribution in [0.3, 0.4) is 0 Å². The summed E-state index contributed by atoms with van der Waals surface area (Å²) in [4.78, 5) is 27.3. The Morgan fingerprint density at radius 3 is 2.45 bits per heavy atom. The molecule has 2 aromatic carbocycles. The molecule has 31 heavy (non-hydrogen) atoms. The van der Waals surface area contributed by atoms with Gasteiger partial charge in [0.2, 0.25) is 5.95 Å². The van der Waals surface area contributed by atoms with Gasteiger partial charge in [-0.25, -0.2) is 4.98 Å². The molecular formula is C24H23N5O2. The molecule has 0 radical (unpaired) electrons. The number of fused-ring (bicyclic) bond motifs is 2. The standard InChI is InChI=1S/C24H23N5O2/c1-31-15-14-27-16-28(19-10-6-3-7-11-19)24-26-22-21(23(30)29(24)17-27)20(12-13-25-22)18-8-4-2-5-9-18/h2-13H,14-17H2,1H3. The lowest BCUT2D eigenvalue weighted by Gasteiger charge is -2.38. The van der Waals surface area contributed by atoms with E-state index in [0.717, 1.165) is 16.8 Å². The SMILES string of the molecule is COCCN1CN(c2ccccc2)c2nc3nccc(-c4ccccc4)c3c(=O)n2C1. The summed E-state index contributed by atoms with van der Waals surface area (Å²) in [5.41, 5.74) is 3.17. The van der Waals surface area contributed by atoms with Crippen LogP contribution in [-0.2, 0) is 11.4 Å². The third-order valence-electron chi connectivity index (χ3n) is 5.53. The molecular weight excluding hydrogens is 390 g/mol. The predicted molar refractivity (Wildman–Crippen MR) is 121 cm³/mol. The third-order valence-corrected chi connectivity index (χ3v) is 5.53. The Hall–Kier alpha value is -3.55. The van der Waals surface area contributed by atoms with E-state index < -0.39 is 0 Å². The van der Waals surface area contributed by atoms with Crippen LogP contribution >= 0.6 is 0 Å². The first-order chi connectivity index (χ1) is 15.3. The number of rotatable bonds is 5. The quantitative estimate of drug-likeness (QED) is 0.499. The van der Waals surface area contributed by atoms with Crippen molar-refractivity contribution in [2.45, 2.75) is 6.67 Å². The fourth-order valence-corrected chi connectivity index (χ4v) is 3.99. The van der Waals surface area contributed by atoms with Gasteiger partial charge in [-0.3, -0.25) is 19.2 Å². The van der Waals surface area contributed by atoms with E-state index in [-0.39, 0.29) is 5.56 Å². The van der Waals surface area contributed by atoms with Gasteiger partial charge in [0, 0.05) is 25.5 Å². The molecule has 5 rings (SSSR count). The largest absolute Gasteiger partial charge is 0.383 e. The minimum Gasteiger partial charge on any atom is -0.383 e. The summed E-state index contributed by atoms with van der Waals surface area (Å²) >= 11 is 0.